The second-order valence-electron chi connectivity index (χ2n) is 5.20. The van der Waals surface area contributed by atoms with Crippen LogP contribution < -0.4 is 0 Å². The van der Waals surface area contributed by atoms with Crippen LogP contribution in [0.15, 0.2) is 6.07 Å². The first-order valence-electron chi connectivity index (χ1n) is 7.19. The van der Waals surface area contributed by atoms with E-state index in [0.717, 1.165) is 25.9 Å². The summed E-state index contributed by atoms with van der Waals surface area (Å²) in [5, 5.41) is 4.68. The molecule has 2 heterocycles. The number of likely N-dealkylation sites (N-methyl/N-ethyl adjacent to an activating group) is 1. The second kappa shape index (κ2) is 6.34. The molecule has 1 fully saturated rings. The van der Waals surface area contributed by atoms with E-state index in [-0.39, 0.29) is 0 Å². The van der Waals surface area contributed by atoms with Crippen molar-refractivity contribution in [3.8, 4) is 0 Å². The Balaban J connectivity index is 1.87. The van der Waals surface area contributed by atoms with Gasteiger partial charge in [0.15, 0.2) is 0 Å². The zero-order chi connectivity index (χ0) is 13.0. The van der Waals surface area contributed by atoms with E-state index in [0.29, 0.717) is 0 Å². The molecule has 0 unspecified atom stereocenters. The molecule has 0 amide bonds. The van der Waals surface area contributed by atoms with E-state index in [1.165, 1.54) is 37.6 Å². The van der Waals surface area contributed by atoms with E-state index in [9.17, 15) is 0 Å². The molecule has 0 N–H and O–H groups in total. The van der Waals surface area contributed by atoms with Crippen LogP contribution in [-0.2, 0) is 19.4 Å². The zero-order valence-corrected chi connectivity index (χ0v) is 12.0. The number of aryl methyl sites for hydroxylation is 2. The Morgan fingerprint density at radius 3 is 2.39 bits per heavy atom. The highest BCUT2D eigenvalue weighted by Crippen LogP contribution is 2.07. The highest BCUT2D eigenvalue weighted by atomic mass is 15.3. The number of piperazine rings is 1. The molecule has 0 spiro atoms. The van der Waals surface area contributed by atoms with Gasteiger partial charge in [0.05, 0.1) is 12.2 Å². The summed E-state index contributed by atoms with van der Waals surface area (Å²) in [7, 11) is 2.20. The predicted molar refractivity (Wildman–Crippen MR) is 74.9 cm³/mol. The first kappa shape index (κ1) is 13.6. The van der Waals surface area contributed by atoms with Crippen LogP contribution in [0, 0.1) is 0 Å². The second-order valence-corrected chi connectivity index (χ2v) is 5.20. The smallest absolute Gasteiger partial charge is 0.0624 e. The molecule has 1 aromatic rings. The molecule has 0 saturated carbocycles. The van der Waals surface area contributed by atoms with Crippen molar-refractivity contribution in [1.29, 1.82) is 0 Å². The first-order chi connectivity index (χ1) is 8.72. The normalized spacial score (nSPS) is 18.4. The van der Waals surface area contributed by atoms with Gasteiger partial charge in [-0.25, -0.2) is 0 Å². The lowest BCUT2D eigenvalue weighted by Crippen LogP contribution is -2.45. The van der Waals surface area contributed by atoms with Crippen molar-refractivity contribution >= 4 is 0 Å². The summed E-state index contributed by atoms with van der Waals surface area (Å²) >= 11 is 0. The van der Waals surface area contributed by atoms with Crippen LogP contribution in [-0.4, -0.2) is 59.4 Å². The van der Waals surface area contributed by atoms with Gasteiger partial charge in [-0.05, 0) is 26.0 Å². The third-order valence-corrected chi connectivity index (χ3v) is 3.86. The highest BCUT2D eigenvalue weighted by molar-refractivity contribution is 5.10. The number of hydrogen-bond donors (Lipinski definition) is 0. The Hall–Kier alpha value is -0.870. The van der Waals surface area contributed by atoms with Crippen LogP contribution in [0.3, 0.4) is 0 Å². The largest absolute Gasteiger partial charge is 0.304 e. The molecular weight excluding hydrogens is 224 g/mol. The third-order valence-electron chi connectivity index (χ3n) is 3.86. The van der Waals surface area contributed by atoms with Crippen molar-refractivity contribution in [3.05, 3.63) is 17.5 Å². The Labute approximate surface area is 111 Å². The fourth-order valence-corrected chi connectivity index (χ4v) is 2.47. The topological polar surface area (TPSA) is 24.3 Å². The van der Waals surface area contributed by atoms with Crippen LogP contribution in [0.5, 0.6) is 0 Å². The minimum atomic E-state index is 1.03. The number of nitrogens with zero attached hydrogens (tertiary/aromatic N) is 4. The van der Waals surface area contributed by atoms with Gasteiger partial charge in [0.2, 0.25) is 0 Å². The summed E-state index contributed by atoms with van der Waals surface area (Å²) in [4.78, 5) is 4.95. The van der Waals surface area contributed by atoms with Crippen LogP contribution in [0.4, 0.5) is 0 Å². The van der Waals surface area contributed by atoms with E-state index < -0.39 is 0 Å². The minimum Gasteiger partial charge on any atom is -0.304 e. The molecule has 1 aliphatic rings. The molecule has 0 bridgehead atoms. The maximum absolute atomic E-state index is 4.68. The van der Waals surface area contributed by atoms with E-state index in [4.69, 9.17) is 0 Å². The van der Waals surface area contributed by atoms with Gasteiger partial charge in [-0.3, -0.25) is 9.58 Å². The van der Waals surface area contributed by atoms with E-state index in [1.54, 1.807) is 0 Å². The van der Waals surface area contributed by atoms with E-state index >= 15 is 0 Å². The minimum absolute atomic E-state index is 1.03. The molecule has 4 heteroatoms. The molecule has 18 heavy (non-hydrogen) atoms. The number of rotatable bonds is 5. The fraction of sp³-hybridized carbons (Fsp3) is 0.786. The van der Waals surface area contributed by atoms with Crippen LogP contribution >= 0.6 is 0 Å². The molecule has 1 aliphatic heterocycles. The van der Waals surface area contributed by atoms with Crippen molar-refractivity contribution in [2.45, 2.75) is 33.2 Å². The maximum Gasteiger partial charge on any atom is 0.0624 e. The van der Waals surface area contributed by atoms with Crippen molar-refractivity contribution in [1.82, 2.24) is 19.6 Å². The molecule has 4 nitrogen and oxygen atoms in total. The van der Waals surface area contributed by atoms with Crippen molar-refractivity contribution in [2.24, 2.45) is 0 Å². The Kier molecular flexibility index (Phi) is 4.78. The molecule has 102 valence electrons. The van der Waals surface area contributed by atoms with Gasteiger partial charge >= 0.3 is 0 Å². The maximum atomic E-state index is 4.68. The quantitative estimate of drug-likeness (QED) is 0.786. The highest BCUT2D eigenvalue weighted by Gasteiger charge is 2.14. The van der Waals surface area contributed by atoms with Crippen molar-refractivity contribution in [2.75, 3.05) is 39.8 Å². The van der Waals surface area contributed by atoms with Gasteiger partial charge in [-0.1, -0.05) is 13.8 Å². The molecular formula is C14H26N4. The van der Waals surface area contributed by atoms with Crippen molar-refractivity contribution < 1.29 is 0 Å². The average Bonchev–Trinajstić information content (AvgIpc) is 2.80. The average molecular weight is 250 g/mol. The summed E-state index contributed by atoms with van der Waals surface area (Å²) in [6.07, 6.45) is 2.12. The van der Waals surface area contributed by atoms with Gasteiger partial charge in [0.25, 0.3) is 0 Å². The predicted octanol–water partition coefficient (Wildman–Crippen LogP) is 1.26. The molecule has 1 aromatic heterocycles. The number of aromatic nitrogens is 2. The van der Waals surface area contributed by atoms with E-state index in [1.807, 2.05) is 0 Å². The number of hydrogen-bond acceptors (Lipinski definition) is 3. The van der Waals surface area contributed by atoms with Gasteiger partial charge in [0.1, 0.15) is 0 Å². The lowest BCUT2D eigenvalue weighted by Gasteiger charge is -2.32. The molecule has 1 saturated heterocycles. The van der Waals surface area contributed by atoms with Crippen LogP contribution in [0.2, 0.25) is 0 Å². The molecule has 0 atom stereocenters. The zero-order valence-electron chi connectivity index (χ0n) is 12.0. The lowest BCUT2D eigenvalue weighted by molar-refractivity contribution is 0.148. The summed E-state index contributed by atoms with van der Waals surface area (Å²) in [5.74, 6) is 0. The Bertz CT molecular complexity index is 364. The third kappa shape index (κ3) is 3.33. The molecule has 0 aliphatic carbocycles. The van der Waals surface area contributed by atoms with Crippen molar-refractivity contribution in [3.63, 3.8) is 0 Å². The standard InChI is InChI=1S/C14H26N4/c1-4-13-12-14(5-2)18(15-13)11-10-17-8-6-16(3)7-9-17/h12H,4-11H2,1-3H3. The summed E-state index contributed by atoms with van der Waals surface area (Å²) < 4.78 is 2.21. The van der Waals surface area contributed by atoms with Gasteiger partial charge < -0.3 is 4.90 Å². The summed E-state index contributed by atoms with van der Waals surface area (Å²) in [6, 6.07) is 2.25. The first-order valence-corrected chi connectivity index (χ1v) is 7.19. The Morgan fingerprint density at radius 1 is 1.06 bits per heavy atom. The summed E-state index contributed by atoms with van der Waals surface area (Å²) in [5.41, 5.74) is 2.60. The monoisotopic (exact) mass is 250 g/mol. The fourth-order valence-electron chi connectivity index (χ4n) is 2.47. The lowest BCUT2D eigenvalue weighted by atomic mass is 10.2. The van der Waals surface area contributed by atoms with Crippen LogP contribution in [0.1, 0.15) is 25.2 Å². The van der Waals surface area contributed by atoms with E-state index in [2.05, 4.69) is 46.5 Å². The summed E-state index contributed by atoms with van der Waals surface area (Å²) in [6.45, 7) is 11.3. The molecule has 2 rings (SSSR count). The van der Waals surface area contributed by atoms with Gasteiger partial charge in [-0.15, -0.1) is 0 Å². The van der Waals surface area contributed by atoms with Crippen LogP contribution in [0.25, 0.3) is 0 Å². The Morgan fingerprint density at radius 2 is 1.78 bits per heavy atom. The van der Waals surface area contributed by atoms with Gasteiger partial charge in [0, 0.05) is 38.4 Å². The SMILES string of the molecule is CCc1cc(CC)n(CCN2CCN(C)CC2)n1. The molecule has 0 radical (unpaired) electrons. The van der Waals surface area contributed by atoms with Gasteiger partial charge in [-0.2, -0.15) is 5.10 Å². The molecule has 0 aromatic carbocycles.